The molecule has 4 heterocycles. The molecule has 29 heavy (non-hydrogen) atoms. The van der Waals surface area contributed by atoms with E-state index in [0.717, 1.165) is 49.1 Å². The average molecular weight is 391 g/mol. The molecule has 6 heteroatoms. The van der Waals surface area contributed by atoms with E-state index in [0.29, 0.717) is 5.92 Å². The molecule has 3 aromatic rings. The van der Waals surface area contributed by atoms with Crippen LogP contribution in [0.1, 0.15) is 48.3 Å². The minimum absolute atomic E-state index is 0.483. The summed E-state index contributed by atoms with van der Waals surface area (Å²) in [6.07, 6.45) is 6.52. The molecule has 0 aliphatic carbocycles. The van der Waals surface area contributed by atoms with Gasteiger partial charge in [0, 0.05) is 48.7 Å². The maximum Gasteiger partial charge on any atom is 0.130 e. The minimum atomic E-state index is 0.483. The van der Waals surface area contributed by atoms with Gasteiger partial charge in [-0.2, -0.15) is 5.10 Å². The molecule has 0 radical (unpaired) electrons. The maximum atomic E-state index is 4.76. The van der Waals surface area contributed by atoms with E-state index in [-0.39, 0.29) is 0 Å². The fourth-order valence-electron chi connectivity index (χ4n) is 4.04. The van der Waals surface area contributed by atoms with E-state index in [2.05, 4.69) is 52.5 Å². The van der Waals surface area contributed by atoms with E-state index in [1.807, 2.05) is 36.0 Å². The summed E-state index contributed by atoms with van der Waals surface area (Å²) < 4.78 is 2.03. The molecule has 0 spiro atoms. The van der Waals surface area contributed by atoms with E-state index >= 15 is 0 Å². The standard InChI is InChI=1S/C23H30N6/c1-4-29-16-20(18(3)27-29)15-28-12-6-8-19(14-28)22-11-10-21(13-24-22)26-23-9-5-7-17(2)25-23/h5,7,9-11,13,16,19H,4,6,8,12,14-15H2,1-3H3,(H,25,26)/t19-/m0/s1. The Morgan fingerprint density at radius 1 is 1.17 bits per heavy atom. The number of nitrogens with one attached hydrogen (secondary N) is 1. The number of pyridine rings is 2. The van der Waals surface area contributed by atoms with Gasteiger partial charge >= 0.3 is 0 Å². The summed E-state index contributed by atoms with van der Waals surface area (Å²) in [6, 6.07) is 10.3. The van der Waals surface area contributed by atoms with Crippen LogP contribution in [0.4, 0.5) is 11.5 Å². The van der Waals surface area contributed by atoms with Crippen LogP contribution in [0.15, 0.2) is 42.7 Å². The number of hydrogen-bond donors (Lipinski definition) is 1. The third-order valence-corrected chi connectivity index (χ3v) is 5.64. The molecule has 1 N–H and O–H groups in total. The van der Waals surface area contributed by atoms with E-state index < -0.39 is 0 Å². The summed E-state index contributed by atoms with van der Waals surface area (Å²) in [4.78, 5) is 11.8. The molecule has 6 nitrogen and oxygen atoms in total. The first-order chi connectivity index (χ1) is 14.1. The lowest BCUT2D eigenvalue weighted by Crippen LogP contribution is -2.34. The number of piperidine rings is 1. The molecule has 1 aliphatic heterocycles. The smallest absolute Gasteiger partial charge is 0.130 e. The molecule has 0 amide bonds. The lowest BCUT2D eigenvalue weighted by Gasteiger charge is -2.32. The van der Waals surface area contributed by atoms with Crippen LogP contribution in [-0.2, 0) is 13.1 Å². The Balaban J connectivity index is 1.39. The van der Waals surface area contributed by atoms with Gasteiger partial charge in [0.05, 0.1) is 17.6 Å². The van der Waals surface area contributed by atoms with E-state index in [4.69, 9.17) is 4.98 Å². The first-order valence-electron chi connectivity index (χ1n) is 10.5. The van der Waals surface area contributed by atoms with Crippen molar-refractivity contribution in [1.29, 1.82) is 0 Å². The average Bonchev–Trinajstić information content (AvgIpc) is 3.08. The topological polar surface area (TPSA) is 58.9 Å². The number of rotatable bonds is 6. The predicted octanol–water partition coefficient (Wildman–Crippen LogP) is 4.43. The first kappa shape index (κ1) is 19.6. The molecule has 0 aromatic carbocycles. The van der Waals surface area contributed by atoms with Crippen LogP contribution in [0.2, 0.25) is 0 Å². The third-order valence-electron chi connectivity index (χ3n) is 5.64. The van der Waals surface area contributed by atoms with Gasteiger partial charge in [-0.3, -0.25) is 14.6 Å². The largest absolute Gasteiger partial charge is 0.339 e. The van der Waals surface area contributed by atoms with Crippen LogP contribution in [0.3, 0.4) is 0 Å². The molecule has 152 valence electrons. The Bertz CT molecular complexity index is 946. The molecule has 1 fully saturated rings. The highest BCUT2D eigenvalue weighted by atomic mass is 15.3. The zero-order chi connectivity index (χ0) is 20.2. The first-order valence-corrected chi connectivity index (χ1v) is 10.5. The molecule has 3 aromatic heterocycles. The van der Waals surface area contributed by atoms with Crippen LogP contribution < -0.4 is 5.32 Å². The van der Waals surface area contributed by atoms with Gasteiger partial charge < -0.3 is 5.32 Å². The second-order valence-corrected chi connectivity index (χ2v) is 7.93. The molecule has 4 rings (SSSR count). The van der Waals surface area contributed by atoms with Crippen molar-refractivity contribution in [2.75, 3.05) is 18.4 Å². The highest BCUT2D eigenvalue weighted by Crippen LogP contribution is 2.28. The van der Waals surface area contributed by atoms with Crippen molar-refractivity contribution in [2.45, 2.75) is 52.6 Å². The molecule has 0 bridgehead atoms. The van der Waals surface area contributed by atoms with E-state index in [1.54, 1.807) is 0 Å². The van der Waals surface area contributed by atoms with Crippen molar-refractivity contribution >= 4 is 11.5 Å². The van der Waals surface area contributed by atoms with Gasteiger partial charge in [0.25, 0.3) is 0 Å². The summed E-state index contributed by atoms with van der Waals surface area (Å²) in [6.45, 7) is 10.3. The number of aromatic nitrogens is 4. The van der Waals surface area contributed by atoms with Gasteiger partial charge in [0.1, 0.15) is 5.82 Å². The van der Waals surface area contributed by atoms with Crippen molar-refractivity contribution < 1.29 is 0 Å². The number of likely N-dealkylation sites (tertiary alicyclic amines) is 1. The lowest BCUT2D eigenvalue weighted by atomic mass is 9.94. The van der Waals surface area contributed by atoms with Crippen LogP contribution in [0.25, 0.3) is 0 Å². The zero-order valence-electron chi connectivity index (χ0n) is 17.6. The van der Waals surface area contributed by atoms with E-state index in [9.17, 15) is 0 Å². The molecular formula is C23H30N6. The number of nitrogens with zero attached hydrogens (tertiary/aromatic N) is 5. The van der Waals surface area contributed by atoms with Crippen molar-refractivity contribution in [3.8, 4) is 0 Å². The van der Waals surface area contributed by atoms with Gasteiger partial charge in [-0.15, -0.1) is 0 Å². The SMILES string of the molecule is CCn1cc(CN2CCC[C@H](c3ccc(Nc4cccc(C)n4)cn3)C2)c(C)n1. The third kappa shape index (κ3) is 4.82. The molecule has 1 aliphatic rings. The van der Waals surface area contributed by atoms with Gasteiger partial charge in [-0.05, 0) is 64.4 Å². The monoisotopic (exact) mass is 390 g/mol. The van der Waals surface area contributed by atoms with Crippen LogP contribution >= 0.6 is 0 Å². The van der Waals surface area contributed by atoms with Gasteiger partial charge in [0.15, 0.2) is 0 Å². The van der Waals surface area contributed by atoms with Crippen LogP contribution in [0.5, 0.6) is 0 Å². The molecule has 1 atom stereocenters. The van der Waals surface area contributed by atoms with Gasteiger partial charge in [-0.25, -0.2) is 4.98 Å². The Morgan fingerprint density at radius 3 is 2.79 bits per heavy atom. The fourth-order valence-corrected chi connectivity index (χ4v) is 4.04. The second-order valence-electron chi connectivity index (χ2n) is 7.93. The second kappa shape index (κ2) is 8.74. The summed E-state index contributed by atoms with van der Waals surface area (Å²) in [7, 11) is 0. The van der Waals surface area contributed by atoms with E-state index in [1.165, 1.54) is 24.1 Å². The molecule has 1 saturated heterocycles. The minimum Gasteiger partial charge on any atom is -0.339 e. The number of aryl methyl sites for hydroxylation is 3. The van der Waals surface area contributed by atoms with Crippen molar-refractivity contribution in [2.24, 2.45) is 0 Å². The highest BCUT2D eigenvalue weighted by Gasteiger charge is 2.23. The van der Waals surface area contributed by atoms with Crippen molar-refractivity contribution in [3.05, 3.63) is 65.4 Å². The quantitative estimate of drug-likeness (QED) is 0.675. The summed E-state index contributed by atoms with van der Waals surface area (Å²) in [5, 5.41) is 7.92. The number of hydrogen-bond acceptors (Lipinski definition) is 5. The number of anilines is 2. The molecular weight excluding hydrogens is 360 g/mol. The van der Waals surface area contributed by atoms with Crippen LogP contribution in [-0.4, -0.2) is 37.7 Å². The Hall–Kier alpha value is -2.73. The lowest BCUT2D eigenvalue weighted by molar-refractivity contribution is 0.198. The normalized spacial score (nSPS) is 17.4. The Morgan fingerprint density at radius 2 is 2.07 bits per heavy atom. The van der Waals surface area contributed by atoms with Crippen molar-refractivity contribution in [1.82, 2.24) is 24.6 Å². The molecule has 0 unspecified atom stereocenters. The molecule has 0 saturated carbocycles. The highest BCUT2D eigenvalue weighted by molar-refractivity contribution is 5.55. The predicted molar refractivity (Wildman–Crippen MR) is 116 cm³/mol. The Kier molecular flexibility index (Phi) is 5.90. The Labute approximate surface area is 173 Å². The maximum absolute atomic E-state index is 4.76. The van der Waals surface area contributed by atoms with Gasteiger partial charge in [0.2, 0.25) is 0 Å². The van der Waals surface area contributed by atoms with Crippen molar-refractivity contribution in [3.63, 3.8) is 0 Å². The fraction of sp³-hybridized carbons (Fsp3) is 0.435. The van der Waals surface area contributed by atoms with Crippen LogP contribution in [0, 0.1) is 13.8 Å². The summed E-state index contributed by atoms with van der Waals surface area (Å²) >= 11 is 0. The summed E-state index contributed by atoms with van der Waals surface area (Å²) in [5.74, 6) is 1.34. The zero-order valence-corrected chi connectivity index (χ0v) is 17.6. The summed E-state index contributed by atoms with van der Waals surface area (Å²) in [5.41, 5.74) is 5.64. The van der Waals surface area contributed by atoms with Gasteiger partial charge in [-0.1, -0.05) is 6.07 Å².